The second kappa shape index (κ2) is 4.38. The zero-order valence-corrected chi connectivity index (χ0v) is 7.89. The molecule has 0 fully saturated rings. The van der Waals surface area contributed by atoms with Crippen molar-refractivity contribution in [3.05, 3.63) is 12.0 Å². The molecule has 7 nitrogen and oxygen atoms in total. The van der Waals surface area contributed by atoms with E-state index in [0.29, 0.717) is 0 Å². The SMILES string of the molecule is CON/C=N/c1ncn(C)c1C(N)=O. The molecule has 1 amide bonds. The lowest BCUT2D eigenvalue weighted by Crippen LogP contribution is -2.15. The van der Waals surface area contributed by atoms with Crippen LogP contribution in [0.5, 0.6) is 0 Å². The fraction of sp³-hybridized carbons (Fsp3) is 0.286. The van der Waals surface area contributed by atoms with Crippen molar-refractivity contribution >= 4 is 18.1 Å². The van der Waals surface area contributed by atoms with Crippen LogP contribution >= 0.6 is 0 Å². The van der Waals surface area contributed by atoms with E-state index in [4.69, 9.17) is 5.73 Å². The van der Waals surface area contributed by atoms with Gasteiger partial charge in [-0.15, -0.1) is 0 Å². The molecule has 1 rings (SSSR count). The molecule has 1 aromatic rings. The third-order valence-electron chi connectivity index (χ3n) is 1.51. The van der Waals surface area contributed by atoms with Crippen molar-refractivity contribution < 1.29 is 9.63 Å². The fourth-order valence-electron chi connectivity index (χ4n) is 0.937. The highest BCUT2D eigenvalue weighted by Crippen LogP contribution is 2.13. The lowest BCUT2D eigenvalue weighted by Gasteiger charge is -1.97. The molecular formula is C7H11N5O2. The van der Waals surface area contributed by atoms with E-state index >= 15 is 0 Å². The number of carbonyl (C=O) groups excluding carboxylic acids is 1. The van der Waals surface area contributed by atoms with Crippen LogP contribution in [0.3, 0.4) is 0 Å². The third kappa shape index (κ3) is 2.07. The van der Waals surface area contributed by atoms with Crippen molar-refractivity contribution in [3.63, 3.8) is 0 Å². The van der Waals surface area contributed by atoms with Gasteiger partial charge in [-0.1, -0.05) is 0 Å². The van der Waals surface area contributed by atoms with E-state index in [-0.39, 0.29) is 11.5 Å². The maximum atomic E-state index is 11.0. The maximum Gasteiger partial charge on any atom is 0.269 e. The van der Waals surface area contributed by atoms with Crippen molar-refractivity contribution in [3.8, 4) is 0 Å². The van der Waals surface area contributed by atoms with Crippen molar-refractivity contribution in [2.24, 2.45) is 17.8 Å². The zero-order chi connectivity index (χ0) is 10.6. The van der Waals surface area contributed by atoms with E-state index in [1.54, 1.807) is 7.05 Å². The summed E-state index contributed by atoms with van der Waals surface area (Å²) in [4.78, 5) is 23.2. The molecule has 0 aliphatic heterocycles. The molecule has 0 aliphatic carbocycles. The van der Waals surface area contributed by atoms with Gasteiger partial charge in [0.2, 0.25) is 0 Å². The molecular weight excluding hydrogens is 186 g/mol. The number of carbonyl (C=O) groups is 1. The number of aromatic nitrogens is 2. The summed E-state index contributed by atoms with van der Waals surface area (Å²) >= 11 is 0. The first-order valence-corrected chi connectivity index (χ1v) is 3.79. The molecule has 0 radical (unpaired) electrons. The predicted octanol–water partition coefficient (Wildman–Crippen LogP) is -0.670. The number of primary amides is 1. The number of nitrogens with one attached hydrogen (secondary N) is 1. The minimum absolute atomic E-state index is 0.249. The molecule has 7 heteroatoms. The molecule has 0 saturated heterocycles. The summed E-state index contributed by atoms with van der Waals surface area (Å²) in [6.07, 6.45) is 2.73. The summed E-state index contributed by atoms with van der Waals surface area (Å²) in [6, 6.07) is 0. The van der Waals surface area contributed by atoms with Gasteiger partial charge in [0.15, 0.2) is 11.5 Å². The van der Waals surface area contributed by atoms with Gasteiger partial charge < -0.3 is 10.3 Å². The second-order valence-electron chi connectivity index (χ2n) is 2.47. The molecule has 76 valence electrons. The number of nitrogens with zero attached hydrogens (tertiary/aromatic N) is 3. The van der Waals surface area contributed by atoms with Crippen molar-refractivity contribution in [1.82, 2.24) is 15.0 Å². The average molecular weight is 197 g/mol. The number of hydrogen-bond donors (Lipinski definition) is 2. The number of aryl methyl sites for hydroxylation is 1. The Morgan fingerprint density at radius 2 is 2.57 bits per heavy atom. The Bertz CT molecular complexity index is 357. The Balaban J connectivity index is 2.92. The number of nitrogens with two attached hydrogens (primary N) is 1. The third-order valence-corrected chi connectivity index (χ3v) is 1.51. The standard InChI is InChI=1S/C7H11N5O2/c1-12-4-10-7(5(12)6(8)13)9-3-11-14-2/h3-4H,1-2H3,(H2,8,13)(H,9,11). The van der Waals surface area contributed by atoms with Gasteiger partial charge in [0.25, 0.3) is 5.91 Å². The highest BCUT2D eigenvalue weighted by atomic mass is 16.6. The van der Waals surface area contributed by atoms with Gasteiger partial charge >= 0.3 is 0 Å². The average Bonchev–Trinajstić information content (AvgIpc) is 2.47. The summed E-state index contributed by atoms with van der Waals surface area (Å²) in [5.41, 5.74) is 7.77. The molecule has 0 saturated carbocycles. The Morgan fingerprint density at radius 1 is 1.86 bits per heavy atom. The molecule has 3 N–H and O–H groups in total. The maximum absolute atomic E-state index is 11.0. The van der Waals surface area contributed by atoms with Crippen LogP contribution in [0.15, 0.2) is 11.3 Å². The van der Waals surface area contributed by atoms with Crippen LogP contribution in [0.2, 0.25) is 0 Å². The first-order chi connectivity index (χ1) is 6.66. The second-order valence-corrected chi connectivity index (χ2v) is 2.47. The van der Waals surface area contributed by atoms with Gasteiger partial charge in [0.1, 0.15) is 6.34 Å². The van der Waals surface area contributed by atoms with Crippen molar-refractivity contribution in [1.29, 1.82) is 0 Å². The van der Waals surface area contributed by atoms with Crippen LogP contribution in [-0.4, -0.2) is 28.9 Å². The van der Waals surface area contributed by atoms with Gasteiger partial charge in [-0.25, -0.2) is 9.98 Å². The summed E-state index contributed by atoms with van der Waals surface area (Å²) < 4.78 is 1.50. The Morgan fingerprint density at radius 3 is 3.14 bits per heavy atom. The van der Waals surface area contributed by atoms with E-state index in [9.17, 15) is 4.79 Å². The Hall–Kier alpha value is -1.89. The van der Waals surface area contributed by atoms with Gasteiger partial charge in [-0.05, 0) is 0 Å². The molecule has 14 heavy (non-hydrogen) atoms. The molecule has 0 aliphatic rings. The van der Waals surface area contributed by atoms with Crippen molar-refractivity contribution in [2.75, 3.05) is 7.11 Å². The molecule has 0 spiro atoms. The van der Waals surface area contributed by atoms with Crippen LogP contribution < -0.4 is 11.2 Å². The Labute approximate surface area is 80.5 Å². The first-order valence-electron chi connectivity index (χ1n) is 3.79. The van der Waals surface area contributed by atoms with E-state index in [1.807, 2.05) is 0 Å². The number of amides is 1. The zero-order valence-electron chi connectivity index (χ0n) is 7.89. The van der Waals surface area contributed by atoms with Crippen molar-refractivity contribution in [2.45, 2.75) is 0 Å². The molecule has 0 bridgehead atoms. The summed E-state index contributed by atoms with van der Waals surface area (Å²) in [5.74, 6) is -0.320. The molecule has 1 aromatic heterocycles. The smallest absolute Gasteiger partial charge is 0.269 e. The van der Waals surface area contributed by atoms with E-state index in [1.165, 1.54) is 24.3 Å². The first kappa shape index (κ1) is 10.2. The minimum Gasteiger partial charge on any atom is -0.364 e. The summed E-state index contributed by atoms with van der Waals surface area (Å²) in [6.45, 7) is 0. The van der Waals surface area contributed by atoms with Crippen LogP contribution in [0.25, 0.3) is 0 Å². The number of hydrogen-bond acceptors (Lipinski definition) is 4. The normalized spacial score (nSPS) is 10.7. The lowest BCUT2D eigenvalue weighted by molar-refractivity contribution is 0.0993. The highest BCUT2D eigenvalue weighted by molar-refractivity contribution is 5.95. The van der Waals surface area contributed by atoms with Crippen LogP contribution in [0, 0.1) is 0 Å². The lowest BCUT2D eigenvalue weighted by atomic mass is 10.4. The quantitative estimate of drug-likeness (QED) is 0.380. The van der Waals surface area contributed by atoms with E-state index in [0.717, 1.165) is 0 Å². The number of aliphatic imine (C=N–C) groups is 1. The summed E-state index contributed by atoms with van der Waals surface area (Å²) in [5, 5.41) is 0. The van der Waals surface area contributed by atoms with Gasteiger partial charge in [-0.2, -0.15) is 0 Å². The number of rotatable bonds is 4. The Kier molecular flexibility index (Phi) is 3.19. The van der Waals surface area contributed by atoms with Crippen LogP contribution in [-0.2, 0) is 11.9 Å². The van der Waals surface area contributed by atoms with E-state index < -0.39 is 5.91 Å². The largest absolute Gasteiger partial charge is 0.364 e. The van der Waals surface area contributed by atoms with Gasteiger partial charge in [-0.3, -0.25) is 15.1 Å². The van der Waals surface area contributed by atoms with Gasteiger partial charge in [0, 0.05) is 7.05 Å². The monoisotopic (exact) mass is 197 g/mol. The topological polar surface area (TPSA) is 94.5 Å². The van der Waals surface area contributed by atoms with Crippen LogP contribution in [0.1, 0.15) is 10.5 Å². The predicted molar refractivity (Wildman–Crippen MR) is 50.0 cm³/mol. The molecule has 1 heterocycles. The number of hydroxylamine groups is 1. The molecule has 0 unspecified atom stereocenters. The minimum atomic E-state index is -0.574. The fourth-order valence-corrected chi connectivity index (χ4v) is 0.937. The number of imidazole rings is 1. The van der Waals surface area contributed by atoms with E-state index in [2.05, 4.69) is 20.3 Å². The van der Waals surface area contributed by atoms with Gasteiger partial charge in [0.05, 0.1) is 13.4 Å². The molecule has 0 atom stereocenters. The summed E-state index contributed by atoms with van der Waals surface area (Å²) in [7, 11) is 3.11. The van der Waals surface area contributed by atoms with Crippen LogP contribution in [0.4, 0.5) is 5.82 Å². The highest BCUT2D eigenvalue weighted by Gasteiger charge is 2.12. The molecule has 0 aromatic carbocycles.